The maximum atomic E-state index is 14.4. The first-order valence-electron chi connectivity index (χ1n) is 18.8. The quantitative estimate of drug-likeness (QED) is 0.362. The zero-order chi connectivity index (χ0) is 39.1. The summed E-state index contributed by atoms with van der Waals surface area (Å²) in [6, 6.07) is 2.98. The van der Waals surface area contributed by atoms with Crippen molar-refractivity contribution < 1.29 is 50.6 Å². The number of alkyl halides is 2. The maximum Gasteiger partial charge on any atom is 0.410 e. The molecule has 7 rings (SSSR count). The monoisotopic (exact) mass is 810 g/mol. The molecule has 300 valence electrons. The van der Waals surface area contributed by atoms with Crippen LogP contribution in [0.15, 0.2) is 30.4 Å². The molecule has 3 N–H and O–H groups in total. The van der Waals surface area contributed by atoms with Crippen molar-refractivity contribution in [2.45, 2.75) is 119 Å². The zero-order valence-corrected chi connectivity index (χ0v) is 31.7. The fraction of sp³-hybridized carbons (Fsp3) is 0.639. The fourth-order valence-corrected chi connectivity index (χ4v) is 9.66. The number of halogens is 3. The lowest BCUT2D eigenvalue weighted by Crippen LogP contribution is -2.64. The van der Waals surface area contributed by atoms with Crippen molar-refractivity contribution in [1.29, 1.82) is 0 Å². The summed E-state index contributed by atoms with van der Waals surface area (Å²) in [5.74, 6) is -6.37. The molecule has 15 nitrogen and oxygen atoms in total. The third-order valence-corrected chi connectivity index (χ3v) is 13.1. The van der Waals surface area contributed by atoms with Gasteiger partial charge >= 0.3 is 22.4 Å². The van der Waals surface area contributed by atoms with Crippen molar-refractivity contribution in [3.8, 4) is 0 Å². The molecule has 1 aromatic carbocycles. The Morgan fingerprint density at radius 2 is 1.71 bits per heavy atom. The summed E-state index contributed by atoms with van der Waals surface area (Å²) in [5.41, 5.74) is -0.117. The van der Waals surface area contributed by atoms with Gasteiger partial charge in [-0.1, -0.05) is 48.7 Å². The number of fused-ring (bicyclic) bond motifs is 3. The van der Waals surface area contributed by atoms with E-state index >= 15 is 0 Å². The highest BCUT2D eigenvalue weighted by atomic mass is 35.5. The lowest BCUT2D eigenvalue weighted by molar-refractivity contribution is -0.141. The van der Waals surface area contributed by atoms with Crippen molar-refractivity contribution >= 4 is 51.7 Å². The molecule has 19 heteroatoms. The molecule has 0 spiro atoms. The highest BCUT2D eigenvalue weighted by Crippen LogP contribution is 2.46. The van der Waals surface area contributed by atoms with Gasteiger partial charge in [0, 0.05) is 23.9 Å². The minimum Gasteiger partial charge on any atom is -0.446 e. The van der Waals surface area contributed by atoms with Crippen molar-refractivity contribution in [3.05, 3.63) is 46.5 Å². The van der Waals surface area contributed by atoms with Crippen LogP contribution in [0.5, 0.6) is 0 Å². The number of hydrogen-bond donors (Lipinski definition) is 3. The lowest BCUT2D eigenvalue weighted by atomic mass is 10.0. The number of amides is 5. The van der Waals surface area contributed by atoms with E-state index < -0.39 is 88.8 Å². The Labute approximate surface area is 322 Å². The number of rotatable bonds is 6. The standard InChI is InChI=1S/C36H45ClF2N6O9S/c37-27-13-8-9-22-17-43(19-26(22)27)34(50)54-25-15-29-30(46)41-36(32(48)42-55(51,52)44-20-35(38,39)21-44)16-23(36)10-4-2-1-3-5-14-28(31(47)45(29)18-25)40-33(49)53-24-11-6-7-12-24/h4,8-10,13,23-25,28-29H,1-3,5-7,11-12,14-21H2,(H,40,49)(H,41,46)(H,42,48)/t23-,25-,28+,29?,36-/m1/s1. The molecule has 4 fully saturated rings. The van der Waals surface area contributed by atoms with Gasteiger partial charge in [-0.3, -0.25) is 19.3 Å². The van der Waals surface area contributed by atoms with Crippen LogP contribution in [0.25, 0.3) is 0 Å². The van der Waals surface area contributed by atoms with Gasteiger partial charge in [0.05, 0.1) is 26.2 Å². The van der Waals surface area contributed by atoms with Crippen LogP contribution in [0.4, 0.5) is 18.4 Å². The topological polar surface area (TPSA) is 184 Å². The first-order chi connectivity index (χ1) is 26.1. The SMILES string of the molecule is O=C(N[C@H]1CCCCCC=C[C@@H]2C[C@@]2(C(=O)NS(=O)(=O)N2CC(F)(F)C2)NC(=O)C2C[C@@H](OC(=O)N3Cc4cccc(Cl)c4C3)CN2C1=O)OC1CCCC1. The number of carbonyl (C=O) groups excluding carboxylic acids is 5. The van der Waals surface area contributed by atoms with Crippen LogP contribution in [0, 0.1) is 5.92 Å². The number of carbonyl (C=O) groups is 5. The predicted octanol–water partition coefficient (Wildman–Crippen LogP) is 3.51. The molecule has 6 aliphatic rings. The van der Waals surface area contributed by atoms with Crippen LogP contribution in [0.1, 0.15) is 81.8 Å². The molecule has 2 saturated heterocycles. The van der Waals surface area contributed by atoms with Crippen LogP contribution in [0.3, 0.4) is 0 Å². The second kappa shape index (κ2) is 15.5. The molecule has 2 aliphatic carbocycles. The maximum absolute atomic E-state index is 14.4. The van der Waals surface area contributed by atoms with Gasteiger partial charge in [0.2, 0.25) is 11.8 Å². The number of nitrogens with zero attached hydrogens (tertiary/aromatic N) is 3. The Balaban J connectivity index is 1.12. The van der Waals surface area contributed by atoms with E-state index in [0.717, 1.165) is 36.8 Å². The first-order valence-corrected chi connectivity index (χ1v) is 20.6. The molecule has 5 atom stereocenters. The fourth-order valence-electron chi connectivity index (χ4n) is 8.14. The summed E-state index contributed by atoms with van der Waals surface area (Å²) in [7, 11) is -4.65. The summed E-state index contributed by atoms with van der Waals surface area (Å²) >= 11 is 6.35. The van der Waals surface area contributed by atoms with Gasteiger partial charge in [-0.2, -0.15) is 12.7 Å². The van der Waals surface area contributed by atoms with E-state index in [9.17, 15) is 41.2 Å². The normalized spacial score (nSPS) is 29.8. The van der Waals surface area contributed by atoms with E-state index in [1.807, 2.05) is 16.9 Å². The Morgan fingerprint density at radius 3 is 2.44 bits per heavy atom. The molecule has 1 unspecified atom stereocenters. The highest BCUT2D eigenvalue weighted by molar-refractivity contribution is 7.87. The molecular weight excluding hydrogens is 766 g/mol. The number of alkyl carbamates (subject to hydrolysis) is 1. The third kappa shape index (κ3) is 8.55. The van der Waals surface area contributed by atoms with Gasteiger partial charge in [0.15, 0.2) is 0 Å². The number of allylic oxidation sites excluding steroid dienone is 1. The zero-order valence-electron chi connectivity index (χ0n) is 30.1. The van der Waals surface area contributed by atoms with Crippen molar-refractivity contribution in [2.75, 3.05) is 19.6 Å². The smallest absolute Gasteiger partial charge is 0.410 e. The number of hydrogen-bond acceptors (Lipinski definition) is 9. The van der Waals surface area contributed by atoms with Crippen LogP contribution in [-0.4, -0.2) is 108 Å². The van der Waals surface area contributed by atoms with Crippen molar-refractivity contribution in [1.82, 2.24) is 29.5 Å². The second-order valence-corrected chi connectivity index (χ2v) is 17.5. The largest absolute Gasteiger partial charge is 0.446 e. The van der Waals surface area contributed by atoms with E-state index in [2.05, 4.69) is 10.6 Å². The molecule has 0 bridgehead atoms. The second-order valence-electron chi connectivity index (χ2n) is 15.4. The first kappa shape index (κ1) is 39.2. The van der Waals surface area contributed by atoms with Gasteiger partial charge in [0.25, 0.3) is 11.8 Å². The van der Waals surface area contributed by atoms with Gasteiger partial charge in [-0.25, -0.2) is 23.1 Å². The van der Waals surface area contributed by atoms with Gasteiger partial charge in [-0.15, -0.1) is 0 Å². The molecule has 2 saturated carbocycles. The molecule has 0 aromatic heterocycles. The van der Waals surface area contributed by atoms with Crippen LogP contribution in [-0.2, 0) is 47.2 Å². The Bertz CT molecular complexity index is 1860. The van der Waals surface area contributed by atoms with Gasteiger partial charge in [-0.05, 0) is 68.6 Å². The summed E-state index contributed by atoms with van der Waals surface area (Å²) < 4.78 is 66.6. The summed E-state index contributed by atoms with van der Waals surface area (Å²) in [5, 5.41) is 5.91. The predicted molar refractivity (Wildman–Crippen MR) is 192 cm³/mol. The summed E-state index contributed by atoms with van der Waals surface area (Å²) in [6.07, 6.45) is 6.80. The van der Waals surface area contributed by atoms with Gasteiger partial charge < -0.3 is 25.0 Å². The van der Waals surface area contributed by atoms with Crippen molar-refractivity contribution in [3.63, 3.8) is 0 Å². The van der Waals surface area contributed by atoms with E-state index in [1.165, 1.54) is 9.80 Å². The highest BCUT2D eigenvalue weighted by Gasteiger charge is 2.62. The average Bonchev–Trinajstić information content (AvgIpc) is 3.53. The van der Waals surface area contributed by atoms with Crippen LogP contribution < -0.4 is 15.4 Å². The molecular formula is C36H45ClF2N6O9S. The third-order valence-electron chi connectivity index (χ3n) is 11.3. The lowest BCUT2D eigenvalue weighted by Gasteiger charge is -2.37. The van der Waals surface area contributed by atoms with Crippen LogP contribution in [0.2, 0.25) is 5.02 Å². The summed E-state index contributed by atoms with van der Waals surface area (Å²) in [4.78, 5) is 71.5. The van der Waals surface area contributed by atoms with E-state index in [0.29, 0.717) is 35.0 Å². The Hall–Kier alpha value is -4.03. The van der Waals surface area contributed by atoms with E-state index in [-0.39, 0.29) is 45.0 Å². The van der Waals surface area contributed by atoms with Crippen molar-refractivity contribution in [2.24, 2.45) is 5.92 Å². The summed E-state index contributed by atoms with van der Waals surface area (Å²) in [6.45, 7) is -1.93. The molecule has 55 heavy (non-hydrogen) atoms. The number of ether oxygens (including phenoxy) is 2. The van der Waals surface area contributed by atoms with Gasteiger partial charge in [0.1, 0.15) is 29.8 Å². The number of nitrogens with one attached hydrogen (secondary N) is 3. The average molecular weight is 811 g/mol. The molecule has 5 amide bonds. The van der Waals surface area contributed by atoms with Crippen LogP contribution >= 0.6 is 11.6 Å². The molecule has 4 aliphatic heterocycles. The molecule has 1 aromatic rings. The van der Waals surface area contributed by atoms with E-state index in [4.69, 9.17) is 21.1 Å². The Kier molecular flexibility index (Phi) is 11.0. The number of benzene rings is 1. The molecule has 0 radical (unpaired) electrons. The minimum atomic E-state index is -4.65. The van der Waals surface area contributed by atoms with E-state index in [1.54, 1.807) is 18.2 Å². The minimum absolute atomic E-state index is 0.0150. The Morgan fingerprint density at radius 1 is 0.964 bits per heavy atom. The molecule has 4 heterocycles.